The summed E-state index contributed by atoms with van der Waals surface area (Å²) in [6.45, 7) is 5.93. The molecule has 0 aromatic heterocycles. The van der Waals surface area contributed by atoms with E-state index in [0.717, 1.165) is 22.3 Å². The Hall–Kier alpha value is -3.40. The molecular formula is C27H25Cl2N3O3. The minimum absolute atomic E-state index is 0.0407. The standard InChI is InChI=1S/C27H25Cl2N3O3/c1-27(2,3)35-26(33)32-14-18(12-16-4-8-19(28)9-5-16)24-22(15-32)23(21(13-30)25(31)34-24)17-6-10-20(29)11-7-17/h4-12,23H,14-15,31H2,1-3H3/b18-12-/t23-/m0/s1. The molecule has 2 aliphatic rings. The van der Waals surface area contributed by atoms with Crippen molar-refractivity contribution in [3.05, 3.63) is 98.1 Å². The fourth-order valence-electron chi connectivity index (χ4n) is 4.12. The normalized spacial score (nSPS) is 19.3. The number of hydrogen-bond donors (Lipinski definition) is 1. The monoisotopic (exact) mass is 509 g/mol. The Kier molecular flexibility index (Phi) is 6.84. The van der Waals surface area contributed by atoms with Crippen LogP contribution in [0.2, 0.25) is 10.0 Å². The highest BCUT2D eigenvalue weighted by molar-refractivity contribution is 6.30. The lowest BCUT2D eigenvalue weighted by Gasteiger charge is -2.38. The Morgan fingerprint density at radius 3 is 2.29 bits per heavy atom. The van der Waals surface area contributed by atoms with Crippen LogP contribution in [0.5, 0.6) is 0 Å². The van der Waals surface area contributed by atoms with Crippen LogP contribution >= 0.6 is 23.2 Å². The van der Waals surface area contributed by atoms with Crippen LogP contribution in [0.3, 0.4) is 0 Å². The molecule has 2 N–H and O–H groups in total. The van der Waals surface area contributed by atoms with Crippen LogP contribution in [0.1, 0.15) is 37.8 Å². The van der Waals surface area contributed by atoms with E-state index < -0.39 is 17.6 Å². The van der Waals surface area contributed by atoms with Crippen molar-refractivity contribution >= 4 is 35.4 Å². The maximum atomic E-state index is 13.1. The van der Waals surface area contributed by atoms with E-state index in [4.69, 9.17) is 38.4 Å². The van der Waals surface area contributed by atoms with Crippen LogP contribution in [-0.4, -0.2) is 29.7 Å². The van der Waals surface area contributed by atoms with E-state index in [1.807, 2.05) is 51.1 Å². The second-order valence-electron chi connectivity index (χ2n) is 9.39. The minimum atomic E-state index is -0.660. The number of amides is 1. The van der Waals surface area contributed by atoms with Crippen molar-refractivity contribution in [3.8, 4) is 6.07 Å². The molecule has 1 amide bonds. The number of nitrogens with zero attached hydrogens (tertiary/aromatic N) is 2. The number of carbonyl (C=O) groups is 1. The number of benzene rings is 2. The molecule has 0 spiro atoms. The molecule has 2 aliphatic heterocycles. The van der Waals surface area contributed by atoms with Gasteiger partial charge in [-0.1, -0.05) is 47.5 Å². The van der Waals surface area contributed by atoms with Gasteiger partial charge in [0.05, 0.1) is 19.0 Å². The van der Waals surface area contributed by atoms with E-state index in [2.05, 4.69) is 6.07 Å². The zero-order chi connectivity index (χ0) is 25.3. The number of rotatable bonds is 2. The highest BCUT2D eigenvalue weighted by Crippen LogP contribution is 2.44. The lowest BCUT2D eigenvalue weighted by atomic mass is 9.80. The van der Waals surface area contributed by atoms with Crippen LogP contribution in [0.15, 0.2) is 76.9 Å². The molecule has 0 radical (unpaired) electrons. The Morgan fingerprint density at radius 1 is 1.11 bits per heavy atom. The minimum Gasteiger partial charge on any atom is -0.444 e. The van der Waals surface area contributed by atoms with Crippen LogP contribution < -0.4 is 5.73 Å². The summed E-state index contributed by atoms with van der Waals surface area (Å²) in [7, 11) is 0. The third kappa shape index (κ3) is 5.48. The fraction of sp³-hybridized carbons (Fsp3) is 0.259. The molecule has 6 nitrogen and oxygen atoms in total. The van der Waals surface area contributed by atoms with Gasteiger partial charge in [0.2, 0.25) is 5.88 Å². The number of halogens is 2. The van der Waals surface area contributed by atoms with Gasteiger partial charge in [-0.15, -0.1) is 0 Å². The molecule has 1 atom stereocenters. The lowest BCUT2D eigenvalue weighted by molar-refractivity contribution is 0.0267. The first-order valence-electron chi connectivity index (χ1n) is 11.1. The first-order valence-corrected chi connectivity index (χ1v) is 11.8. The number of hydrogen-bond acceptors (Lipinski definition) is 5. The second-order valence-corrected chi connectivity index (χ2v) is 10.3. The van der Waals surface area contributed by atoms with Gasteiger partial charge in [0.1, 0.15) is 23.0 Å². The smallest absolute Gasteiger partial charge is 0.410 e. The van der Waals surface area contributed by atoms with Crippen molar-refractivity contribution in [2.45, 2.75) is 32.3 Å². The summed E-state index contributed by atoms with van der Waals surface area (Å²) in [5.41, 5.74) is 9.03. The maximum absolute atomic E-state index is 13.1. The summed E-state index contributed by atoms with van der Waals surface area (Å²) in [5.74, 6) is 0.0926. The van der Waals surface area contributed by atoms with E-state index in [9.17, 15) is 10.1 Å². The number of nitrogens with two attached hydrogens (primary N) is 1. The predicted octanol–water partition coefficient (Wildman–Crippen LogP) is 6.39. The summed E-state index contributed by atoms with van der Waals surface area (Å²) in [4.78, 5) is 14.7. The van der Waals surface area contributed by atoms with Crippen molar-refractivity contribution in [1.82, 2.24) is 4.90 Å². The quantitative estimate of drug-likeness (QED) is 0.506. The first kappa shape index (κ1) is 24.7. The van der Waals surface area contributed by atoms with Gasteiger partial charge in [-0.3, -0.25) is 4.90 Å². The molecule has 180 valence electrons. The van der Waals surface area contributed by atoms with Crippen molar-refractivity contribution < 1.29 is 14.3 Å². The Bertz CT molecular complexity index is 1280. The average molecular weight is 510 g/mol. The zero-order valence-corrected chi connectivity index (χ0v) is 21.2. The highest BCUT2D eigenvalue weighted by atomic mass is 35.5. The second kappa shape index (κ2) is 9.69. The van der Waals surface area contributed by atoms with Gasteiger partial charge in [-0.05, 0) is 62.2 Å². The van der Waals surface area contributed by atoms with Crippen molar-refractivity contribution in [2.24, 2.45) is 5.73 Å². The van der Waals surface area contributed by atoms with Gasteiger partial charge in [0.15, 0.2) is 0 Å². The Labute approximate surface area is 214 Å². The molecule has 8 heteroatoms. The van der Waals surface area contributed by atoms with Crippen molar-refractivity contribution in [1.29, 1.82) is 5.26 Å². The molecule has 0 aliphatic carbocycles. The van der Waals surface area contributed by atoms with Gasteiger partial charge in [0, 0.05) is 21.2 Å². The van der Waals surface area contributed by atoms with E-state index in [1.54, 1.807) is 29.2 Å². The molecule has 0 unspecified atom stereocenters. The van der Waals surface area contributed by atoms with Crippen molar-refractivity contribution in [3.63, 3.8) is 0 Å². The van der Waals surface area contributed by atoms with E-state index in [1.165, 1.54) is 0 Å². The molecular weight excluding hydrogens is 485 g/mol. The maximum Gasteiger partial charge on any atom is 0.410 e. The Morgan fingerprint density at radius 2 is 1.71 bits per heavy atom. The Balaban J connectivity index is 1.86. The van der Waals surface area contributed by atoms with E-state index in [0.29, 0.717) is 15.8 Å². The molecule has 35 heavy (non-hydrogen) atoms. The van der Waals surface area contributed by atoms with Crippen LogP contribution in [-0.2, 0) is 9.47 Å². The van der Waals surface area contributed by atoms with Gasteiger partial charge in [0.25, 0.3) is 0 Å². The predicted molar refractivity (Wildman–Crippen MR) is 136 cm³/mol. The number of carbonyl (C=O) groups excluding carboxylic acids is 1. The molecule has 0 fully saturated rings. The van der Waals surface area contributed by atoms with Crippen LogP contribution in [0.4, 0.5) is 4.79 Å². The van der Waals surface area contributed by atoms with Crippen LogP contribution in [0, 0.1) is 11.3 Å². The topological polar surface area (TPSA) is 88.6 Å². The molecule has 4 rings (SSSR count). The molecule has 2 heterocycles. The van der Waals surface area contributed by atoms with E-state index in [-0.39, 0.29) is 24.5 Å². The summed E-state index contributed by atoms with van der Waals surface area (Å²) < 4.78 is 11.7. The summed E-state index contributed by atoms with van der Waals surface area (Å²) >= 11 is 12.2. The SMILES string of the molecule is CC(C)(C)OC(=O)N1CC2=C(OC(N)=C(C#N)[C@@H]2c2ccc(Cl)cc2)/C(=C\c2ccc(Cl)cc2)C1. The third-order valence-electron chi connectivity index (χ3n) is 5.61. The fourth-order valence-corrected chi connectivity index (χ4v) is 4.37. The van der Waals surface area contributed by atoms with Crippen LogP contribution in [0.25, 0.3) is 6.08 Å². The highest BCUT2D eigenvalue weighted by Gasteiger charge is 2.39. The largest absolute Gasteiger partial charge is 0.444 e. The summed E-state index contributed by atoms with van der Waals surface area (Å²) in [5, 5.41) is 11.1. The lowest BCUT2D eigenvalue weighted by Crippen LogP contribution is -2.43. The first-order chi connectivity index (χ1) is 16.6. The van der Waals surface area contributed by atoms with Crippen molar-refractivity contribution in [2.75, 3.05) is 13.1 Å². The molecule has 2 aromatic carbocycles. The average Bonchev–Trinajstić information content (AvgIpc) is 2.79. The van der Waals surface area contributed by atoms with Gasteiger partial charge < -0.3 is 15.2 Å². The van der Waals surface area contributed by atoms with E-state index >= 15 is 0 Å². The molecule has 0 bridgehead atoms. The summed E-state index contributed by atoms with van der Waals surface area (Å²) in [6, 6.07) is 16.7. The number of ether oxygens (including phenoxy) is 2. The van der Waals surface area contributed by atoms with Gasteiger partial charge in [-0.2, -0.15) is 5.26 Å². The third-order valence-corrected chi connectivity index (χ3v) is 6.11. The molecule has 0 saturated heterocycles. The summed E-state index contributed by atoms with van der Waals surface area (Å²) in [6.07, 6.45) is 1.47. The van der Waals surface area contributed by atoms with Gasteiger partial charge >= 0.3 is 6.09 Å². The number of allylic oxidation sites excluding steroid dienone is 1. The zero-order valence-electron chi connectivity index (χ0n) is 19.6. The van der Waals surface area contributed by atoms with Gasteiger partial charge in [-0.25, -0.2) is 4.79 Å². The molecule has 0 saturated carbocycles. The number of nitriles is 1. The molecule has 2 aromatic rings.